The van der Waals surface area contributed by atoms with E-state index in [-0.39, 0.29) is 5.91 Å². The molecular formula is C13H16BrNOS. The molecule has 0 saturated carbocycles. The highest BCUT2D eigenvalue weighted by Crippen LogP contribution is 2.19. The number of thiol groups is 1. The van der Waals surface area contributed by atoms with Gasteiger partial charge in [0.2, 0.25) is 5.91 Å². The molecule has 1 fully saturated rings. The summed E-state index contributed by atoms with van der Waals surface area (Å²) in [4.78, 5) is 13.7. The minimum atomic E-state index is 0.279. The summed E-state index contributed by atoms with van der Waals surface area (Å²) in [6.07, 6.45) is 1.60. The molecule has 1 amide bonds. The van der Waals surface area contributed by atoms with Crippen molar-refractivity contribution < 1.29 is 4.79 Å². The highest BCUT2D eigenvalue weighted by Gasteiger charge is 2.27. The Bertz CT molecular complexity index is 393. The lowest BCUT2D eigenvalue weighted by molar-refractivity contribution is -0.127. The molecule has 2 rings (SSSR count). The first-order chi connectivity index (χ1) is 8.19. The Balaban J connectivity index is 1.86. The molecule has 1 heterocycles. The normalized spacial score (nSPS) is 20.0. The topological polar surface area (TPSA) is 20.3 Å². The summed E-state index contributed by atoms with van der Waals surface area (Å²) in [6, 6.07) is 8.27. The van der Waals surface area contributed by atoms with Crippen molar-refractivity contribution in [2.75, 3.05) is 18.8 Å². The summed E-state index contributed by atoms with van der Waals surface area (Å²) in [5.74, 6) is 1.53. The molecule has 1 unspecified atom stereocenters. The molecule has 1 aliphatic heterocycles. The Morgan fingerprint density at radius 2 is 2.06 bits per heavy atom. The van der Waals surface area contributed by atoms with Crippen LogP contribution in [0.1, 0.15) is 12.0 Å². The van der Waals surface area contributed by atoms with Crippen molar-refractivity contribution in [3.05, 3.63) is 34.3 Å². The van der Waals surface area contributed by atoms with E-state index in [4.69, 9.17) is 0 Å². The molecule has 0 bridgehead atoms. The summed E-state index contributed by atoms with van der Waals surface area (Å²) in [6.45, 7) is 1.70. The maximum absolute atomic E-state index is 11.7. The van der Waals surface area contributed by atoms with Crippen LogP contribution in [0.15, 0.2) is 28.7 Å². The van der Waals surface area contributed by atoms with Gasteiger partial charge in [-0.3, -0.25) is 4.79 Å². The zero-order chi connectivity index (χ0) is 12.3. The molecular weight excluding hydrogens is 298 g/mol. The lowest BCUT2D eigenvalue weighted by Crippen LogP contribution is -2.27. The Kier molecular flexibility index (Phi) is 4.51. The van der Waals surface area contributed by atoms with E-state index in [1.807, 2.05) is 17.0 Å². The summed E-state index contributed by atoms with van der Waals surface area (Å²) in [5, 5.41) is 0. The molecule has 92 valence electrons. The highest BCUT2D eigenvalue weighted by atomic mass is 79.9. The van der Waals surface area contributed by atoms with E-state index in [0.29, 0.717) is 12.3 Å². The second-order valence-corrected chi connectivity index (χ2v) is 5.75. The van der Waals surface area contributed by atoms with E-state index in [2.05, 4.69) is 40.7 Å². The molecule has 17 heavy (non-hydrogen) atoms. The van der Waals surface area contributed by atoms with Crippen molar-refractivity contribution in [1.29, 1.82) is 0 Å². The third-order valence-corrected chi connectivity index (χ3v) is 4.18. The minimum Gasteiger partial charge on any atom is -0.342 e. The van der Waals surface area contributed by atoms with Gasteiger partial charge in [-0.2, -0.15) is 12.6 Å². The number of nitrogens with zero attached hydrogens (tertiary/aromatic N) is 1. The van der Waals surface area contributed by atoms with Crippen LogP contribution >= 0.6 is 28.6 Å². The molecule has 2 nitrogen and oxygen atoms in total. The van der Waals surface area contributed by atoms with Gasteiger partial charge in [0, 0.05) is 24.0 Å². The molecule has 4 heteroatoms. The summed E-state index contributed by atoms with van der Waals surface area (Å²) < 4.78 is 1.09. The van der Waals surface area contributed by atoms with Crippen LogP contribution in [0.5, 0.6) is 0 Å². The fourth-order valence-electron chi connectivity index (χ4n) is 2.11. The number of carbonyl (C=O) groups excluding carboxylic acids is 1. The Morgan fingerprint density at radius 3 is 2.65 bits per heavy atom. The molecule has 0 N–H and O–H groups in total. The summed E-state index contributed by atoms with van der Waals surface area (Å²) in [5.41, 5.74) is 1.27. The zero-order valence-electron chi connectivity index (χ0n) is 9.60. The van der Waals surface area contributed by atoms with Crippen LogP contribution < -0.4 is 0 Å². The van der Waals surface area contributed by atoms with Crippen LogP contribution in [0.25, 0.3) is 0 Å². The van der Waals surface area contributed by atoms with Gasteiger partial charge in [0.05, 0.1) is 0 Å². The van der Waals surface area contributed by atoms with Crippen molar-refractivity contribution in [3.63, 3.8) is 0 Å². The van der Waals surface area contributed by atoms with Crippen molar-refractivity contribution >= 4 is 34.5 Å². The van der Waals surface area contributed by atoms with Gasteiger partial charge >= 0.3 is 0 Å². The Hall–Kier alpha value is -0.480. The molecule has 1 atom stereocenters. The maximum Gasteiger partial charge on any atom is 0.222 e. The Labute approximate surface area is 116 Å². The van der Waals surface area contributed by atoms with Crippen LogP contribution in [0.4, 0.5) is 0 Å². The fourth-order valence-corrected chi connectivity index (χ4v) is 2.62. The lowest BCUT2D eigenvalue weighted by Gasteiger charge is -2.16. The quantitative estimate of drug-likeness (QED) is 0.848. The van der Waals surface area contributed by atoms with Gasteiger partial charge in [-0.1, -0.05) is 28.1 Å². The van der Waals surface area contributed by atoms with E-state index < -0.39 is 0 Å². The third-order valence-electron chi connectivity index (χ3n) is 3.14. The van der Waals surface area contributed by atoms with Gasteiger partial charge in [0.15, 0.2) is 0 Å². The predicted molar refractivity (Wildman–Crippen MR) is 76.4 cm³/mol. The monoisotopic (exact) mass is 313 g/mol. The van der Waals surface area contributed by atoms with Crippen LogP contribution in [-0.4, -0.2) is 29.6 Å². The first-order valence-electron chi connectivity index (χ1n) is 5.82. The first-order valence-corrected chi connectivity index (χ1v) is 7.24. The number of hydrogen-bond donors (Lipinski definition) is 1. The van der Waals surface area contributed by atoms with Gasteiger partial charge in [-0.05, 0) is 35.8 Å². The van der Waals surface area contributed by atoms with Crippen LogP contribution in [0.3, 0.4) is 0 Å². The van der Waals surface area contributed by atoms with Crippen molar-refractivity contribution in [2.24, 2.45) is 5.92 Å². The number of carbonyl (C=O) groups is 1. The molecule has 1 aromatic carbocycles. The van der Waals surface area contributed by atoms with Gasteiger partial charge in [-0.25, -0.2) is 0 Å². The number of halogens is 1. The SMILES string of the molecule is O=C1CC(CS)CN1CCc1ccc(Br)cc1. The van der Waals surface area contributed by atoms with Crippen LogP contribution in [-0.2, 0) is 11.2 Å². The van der Waals surface area contributed by atoms with Crippen LogP contribution in [0.2, 0.25) is 0 Å². The average Bonchev–Trinajstić information content (AvgIpc) is 2.69. The van der Waals surface area contributed by atoms with Crippen molar-refractivity contribution in [2.45, 2.75) is 12.8 Å². The largest absolute Gasteiger partial charge is 0.342 e. The standard InChI is InChI=1S/C13H16BrNOS/c14-12-3-1-10(2-4-12)5-6-15-8-11(9-17)7-13(15)16/h1-4,11,17H,5-9H2. The van der Waals surface area contributed by atoms with Crippen molar-refractivity contribution in [1.82, 2.24) is 4.90 Å². The Morgan fingerprint density at radius 1 is 1.35 bits per heavy atom. The summed E-state index contributed by atoms with van der Waals surface area (Å²) in [7, 11) is 0. The zero-order valence-corrected chi connectivity index (χ0v) is 12.1. The van der Waals surface area contributed by atoms with Gasteiger partial charge in [0.1, 0.15) is 0 Å². The van der Waals surface area contributed by atoms with E-state index in [0.717, 1.165) is 29.7 Å². The molecule has 1 saturated heterocycles. The number of hydrogen-bond acceptors (Lipinski definition) is 2. The number of rotatable bonds is 4. The van der Waals surface area contributed by atoms with Gasteiger partial charge in [-0.15, -0.1) is 0 Å². The van der Waals surface area contributed by atoms with Crippen LogP contribution in [0, 0.1) is 5.92 Å². The highest BCUT2D eigenvalue weighted by molar-refractivity contribution is 9.10. The average molecular weight is 314 g/mol. The molecule has 0 radical (unpaired) electrons. The van der Waals surface area contributed by atoms with E-state index in [1.165, 1.54) is 5.56 Å². The second-order valence-electron chi connectivity index (χ2n) is 4.47. The van der Waals surface area contributed by atoms with E-state index >= 15 is 0 Å². The lowest BCUT2D eigenvalue weighted by atomic mass is 10.1. The minimum absolute atomic E-state index is 0.279. The smallest absolute Gasteiger partial charge is 0.222 e. The maximum atomic E-state index is 11.7. The molecule has 0 spiro atoms. The number of likely N-dealkylation sites (tertiary alicyclic amines) is 1. The predicted octanol–water partition coefficient (Wildman–Crippen LogP) is 2.77. The van der Waals surface area contributed by atoms with Crippen molar-refractivity contribution in [3.8, 4) is 0 Å². The van der Waals surface area contributed by atoms with Gasteiger partial charge in [0.25, 0.3) is 0 Å². The third kappa shape index (κ3) is 3.49. The molecule has 1 aliphatic rings. The van der Waals surface area contributed by atoms with E-state index in [9.17, 15) is 4.79 Å². The number of amides is 1. The van der Waals surface area contributed by atoms with E-state index in [1.54, 1.807) is 0 Å². The molecule has 0 aliphatic carbocycles. The summed E-state index contributed by atoms with van der Waals surface area (Å²) >= 11 is 7.68. The number of benzene rings is 1. The molecule has 0 aromatic heterocycles. The van der Waals surface area contributed by atoms with Gasteiger partial charge < -0.3 is 4.90 Å². The molecule has 1 aromatic rings. The first kappa shape index (κ1) is 13.0. The second kappa shape index (κ2) is 5.91. The fraction of sp³-hybridized carbons (Fsp3) is 0.462.